The SMILES string of the molecule is CCn1cc(C(=O)N2CCCN(CC3CCC3)CC2)nn1. The van der Waals surface area contributed by atoms with E-state index in [1.165, 1.54) is 25.8 Å². The van der Waals surface area contributed by atoms with Crippen molar-refractivity contribution in [1.82, 2.24) is 24.8 Å². The van der Waals surface area contributed by atoms with Gasteiger partial charge in [-0.15, -0.1) is 5.10 Å². The lowest BCUT2D eigenvalue weighted by atomic mass is 9.85. The van der Waals surface area contributed by atoms with Gasteiger partial charge in [0, 0.05) is 32.7 Å². The minimum absolute atomic E-state index is 0.0280. The van der Waals surface area contributed by atoms with Crippen molar-refractivity contribution in [1.29, 1.82) is 0 Å². The van der Waals surface area contributed by atoms with Crippen molar-refractivity contribution in [2.24, 2.45) is 5.92 Å². The number of aromatic nitrogens is 3. The van der Waals surface area contributed by atoms with Crippen LogP contribution in [0, 0.1) is 5.92 Å². The quantitative estimate of drug-likeness (QED) is 0.837. The molecule has 2 aliphatic rings. The Bertz CT molecular complexity index is 482. The molecule has 2 fully saturated rings. The van der Waals surface area contributed by atoms with E-state index in [0.29, 0.717) is 5.69 Å². The molecule has 1 saturated heterocycles. The van der Waals surface area contributed by atoms with Gasteiger partial charge in [-0.05, 0) is 38.6 Å². The van der Waals surface area contributed by atoms with Crippen LogP contribution in [-0.4, -0.2) is 63.4 Å². The Morgan fingerprint density at radius 2 is 2.10 bits per heavy atom. The topological polar surface area (TPSA) is 54.3 Å². The molecule has 1 aromatic rings. The Balaban J connectivity index is 1.54. The maximum Gasteiger partial charge on any atom is 0.276 e. The van der Waals surface area contributed by atoms with Crippen LogP contribution in [0.4, 0.5) is 0 Å². The van der Waals surface area contributed by atoms with Crippen LogP contribution in [0.15, 0.2) is 6.20 Å². The molecular formula is C15H25N5O. The van der Waals surface area contributed by atoms with Gasteiger partial charge in [-0.1, -0.05) is 11.6 Å². The van der Waals surface area contributed by atoms with Crippen molar-refractivity contribution in [3.63, 3.8) is 0 Å². The molecule has 2 heterocycles. The summed E-state index contributed by atoms with van der Waals surface area (Å²) in [5.74, 6) is 0.928. The molecule has 0 bridgehead atoms. The Hall–Kier alpha value is -1.43. The lowest BCUT2D eigenvalue weighted by Crippen LogP contribution is -2.37. The second-order valence-electron chi connectivity index (χ2n) is 6.20. The van der Waals surface area contributed by atoms with Gasteiger partial charge in [-0.25, -0.2) is 0 Å². The van der Waals surface area contributed by atoms with Crippen molar-refractivity contribution in [2.75, 3.05) is 32.7 Å². The van der Waals surface area contributed by atoms with E-state index in [9.17, 15) is 4.79 Å². The van der Waals surface area contributed by atoms with E-state index in [1.807, 2.05) is 11.8 Å². The summed E-state index contributed by atoms with van der Waals surface area (Å²) in [6.45, 7) is 7.70. The summed E-state index contributed by atoms with van der Waals surface area (Å²) in [6, 6.07) is 0. The molecule has 0 unspecified atom stereocenters. The predicted molar refractivity (Wildman–Crippen MR) is 80.0 cm³/mol. The van der Waals surface area contributed by atoms with E-state index >= 15 is 0 Å². The summed E-state index contributed by atoms with van der Waals surface area (Å²) >= 11 is 0. The minimum Gasteiger partial charge on any atom is -0.336 e. The predicted octanol–water partition coefficient (Wildman–Crippen LogP) is 1.25. The zero-order chi connectivity index (χ0) is 14.7. The third-order valence-corrected chi connectivity index (χ3v) is 4.70. The fourth-order valence-corrected chi connectivity index (χ4v) is 3.11. The van der Waals surface area contributed by atoms with Gasteiger partial charge in [0.2, 0.25) is 0 Å². The van der Waals surface area contributed by atoms with Gasteiger partial charge in [0.25, 0.3) is 5.91 Å². The number of hydrogen-bond donors (Lipinski definition) is 0. The van der Waals surface area contributed by atoms with E-state index < -0.39 is 0 Å². The minimum atomic E-state index is 0.0280. The number of carbonyl (C=O) groups is 1. The van der Waals surface area contributed by atoms with Gasteiger partial charge in [0.15, 0.2) is 5.69 Å². The molecule has 0 radical (unpaired) electrons. The van der Waals surface area contributed by atoms with E-state index in [4.69, 9.17) is 0 Å². The third kappa shape index (κ3) is 3.43. The molecule has 1 aromatic heterocycles. The molecule has 6 nitrogen and oxygen atoms in total. The van der Waals surface area contributed by atoms with E-state index in [0.717, 1.165) is 45.1 Å². The lowest BCUT2D eigenvalue weighted by Gasteiger charge is -2.31. The maximum absolute atomic E-state index is 12.5. The Morgan fingerprint density at radius 3 is 2.76 bits per heavy atom. The lowest BCUT2D eigenvalue weighted by molar-refractivity contribution is 0.0753. The van der Waals surface area contributed by atoms with Gasteiger partial charge in [0.1, 0.15) is 0 Å². The highest BCUT2D eigenvalue weighted by Crippen LogP contribution is 2.27. The zero-order valence-corrected chi connectivity index (χ0v) is 12.9. The highest BCUT2D eigenvalue weighted by atomic mass is 16.2. The number of amides is 1. The van der Waals surface area contributed by atoms with Crippen molar-refractivity contribution >= 4 is 5.91 Å². The van der Waals surface area contributed by atoms with Crippen LogP contribution in [0.3, 0.4) is 0 Å². The van der Waals surface area contributed by atoms with Crippen LogP contribution in [-0.2, 0) is 6.54 Å². The van der Waals surface area contributed by atoms with Crippen molar-refractivity contribution in [2.45, 2.75) is 39.2 Å². The molecule has 0 N–H and O–H groups in total. The molecule has 0 atom stereocenters. The summed E-state index contributed by atoms with van der Waals surface area (Å²) < 4.78 is 1.70. The number of carbonyl (C=O) groups excluding carboxylic acids is 1. The molecule has 116 valence electrons. The highest BCUT2D eigenvalue weighted by Gasteiger charge is 2.25. The van der Waals surface area contributed by atoms with E-state index in [2.05, 4.69) is 15.2 Å². The first kappa shape index (κ1) is 14.5. The largest absolute Gasteiger partial charge is 0.336 e. The Kier molecular flexibility index (Phi) is 4.53. The maximum atomic E-state index is 12.5. The molecule has 1 aliphatic heterocycles. The molecule has 1 amide bonds. The summed E-state index contributed by atoms with van der Waals surface area (Å²) in [5.41, 5.74) is 0.476. The summed E-state index contributed by atoms with van der Waals surface area (Å²) in [6.07, 6.45) is 6.98. The van der Waals surface area contributed by atoms with Crippen molar-refractivity contribution < 1.29 is 4.79 Å². The second kappa shape index (κ2) is 6.56. The fraction of sp³-hybridized carbons (Fsp3) is 0.800. The summed E-state index contributed by atoms with van der Waals surface area (Å²) in [7, 11) is 0. The van der Waals surface area contributed by atoms with Crippen LogP contribution in [0.5, 0.6) is 0 Å². The number of aryl methyl sites for hydroxylation is 1. The Labute approximate surface area is 126 Å². The van der Waals surface area contributed by atoms with Crippen molar-refractivity contribution in [3.05, 3.63) is 11.9 Å². The number of rotatable bonds is 4. The zero-order valence-electron chi connectivity index (χ0n) is 12.9. The van der Waals surface area contributed by atoms with E-state index in [1.54, 1.807) is 10.9 Å². The van der Waals surface area contributed by atoms with Gasteiger partial charge < -0.3 is 9.80 Å². The van der Waals surface area contributed by atoms with Crippen LogP contribution in [0.2, 0.25) is 0 Å². The average Bonchev–Trinajstić information content (AvgIpc) is 2.81. The normalized spacial score (nSPS) is 21.1. The molecule has 3 rings (SSSR count). The molecule has 0 spiro atoms. The van der Waals surface area contributed by atoms with Gasteiger partial charge >= 0.3 is 0 Å². The average molecular weight is 291 g/mol. The summed E-state index contributed by atoms with van der Waals surface area (Å²) in [5, 5.41) is 7.95. The molecule has 0 aromatic carbocycles. The van der Waals surface area contributed by atoms with Crippen molar-refractivity contribution in [3.8, 4) is 0 Å². The first-order valence-electron chi connectivity index (χ1n) is 8.18. The standard InChI is InChI=1S/C15H25N5O/c1-2-20-12-14(16-17-20)15(21)19-8-4-7-18(9-10-19)11-13-5-3-6-13/h12-13H,2-11H2,1H3. The Morgan fingerprint density at radius 1 is 1.24 bits per heavy atom. The second-order valence-corrected chi connectivity index (χ2v) is 6.20. The molecule has 6 heteroatoms. The number of nitrogens with zero attached hydrogens (tertiary/aromatic N) is 5. The van der Waals surface area contributed by atoms with Gasteiger partial charge in [0.05, 0.1) is 6.20 Å². The molecular weight excluding hydrogens is 266 g/mol. The smallest absolute Gasteiger partial charge is 0.276 e. The first-order chi connectivity index (χ1) is 10.3. The van der Waals surface area contributed by atoms with Gasteiger partial charge in [-0.2, -0.15) is 0 Å². The van der Waals surface area contributed by atoms with Crippen LogP contribution >= 0.6 is 0 Å². The van der Waals surface area contributed by atoms with Gasteiger partial charge in [-0.3, -0.25) is 9.48 Å². The van der Waals surface area contributed by atoms with Crippen LogP contribution < -0.4 is 0 Å². The monoisotopic (exact) mass is 291 g/mol. The third-order valence-electron chi connectivity index (χ3n) is 4.70. The molecule has 21 heavy (non-hydrogen) atoms. The number of hydrogen-bond acceptors (Lipinski definition) is 4. The van der Waals surface area contributed by atoms with Crippen LogP contribution in [0.1, 0.15) is 43.1 Å². The molecule has 1 saturated carbocycles. The highest BCUT2D eigenvalue weighted by molar-refractivity contribution is 5.91. The summed E-state index contributed by atoms with van der Waals surface area (Å²) in [4.78, 5) is 16.9. The first-order valence-corrected chi connectivity index (χ1v) is 8.18. The van der Waals surface area contributed by atoms with E-state index in [-0.39, 0.29) is 5.91 Å². The molecule has 1 aliphatic carbocycles. The van der Waals surface area contributed by atoms with Crippen LogP contribution in [0.25, 0.3) is 0 Å². The fourth-order valence-electron chi connectivity index (χ4n) is 3.11.